The lowest BCUT2D eigenvalue weighted by atomic mass is 10.2. The summed E-state index contributed by atoms with van der Waals surface area (Å²) in [5, 5.41) is 0. The van der Waals surface area contributed by atoms with Crippen molar-refractivity contribution in [3.8, 4) is 5.75 Å². The summed E-state index contributed by atoms with van der Waals surface area (Å²) >= 11 is 0. The summed E-state index contributed by atoms with van der Waals surface area (Å²) < 4.78 is 9.12. The average Bonchev–Trinajstić information content (AvgIpc) is 2.84. The van der Waals surface area contributed by atoms with Gasteiger partial charge in [0.1, 0.15) is 5.75 Å². The highest BCUT2D eigenvalue weighted by molar-refractivity contribution is 5.32. The lowest BCUT2D eigenvalue weighted by molar-refractivity contribution is 0.298. The number of nitrogens with two attached hydrogens (primary N) is 1. The van der Waals surface area contributed by atoms with E-state index in [1.165, 1.54) is 0 Å². The predicted molar refractivity (Wildman–Crippen MR) is 78.8 cm³/mol. The number of benzene rings is 1. The van der Waals surface area contributed by atoms with Crippen molar-refractivity contribution in [2.75, 3.05) is 6.61 Å². The fraction of sp³-hybridized carbons (Fsp3) is 0.400. The number of imidazole rings is 1. The van der Waals surface area contributed by atoms with Crippen LogP contribution in [0.5, 0.6) is 5.75 Å². The second-order valence-corrected chi connectivity index (χ2v) is 4.57. The molecule has 0 unspecified atom stereocenters. The second kappa shape index (κ2) is 6.96. The molecule has 0 radical (unpaired) electrons. The molecule has 0 aliphatic heterocycles. The van der Waals surface area contributed by atoms with Crippen molar-refractivity contribution in [2.24, 2.45) is 5.73 Å². The zero-order valence-corrected chi connectivity index (χ0v) is 11.8. The van der Waals surface area contributed by atoms with Crippen LogP contribution >= 0.6 is 0 Å². The Bertz CT molecular complexity index is 601. The van der Waals surface area contributed by atoms with Gasteiger partial charge >= 0.3 is 5.69 Å². The molecule has 0 aliphatic carbocycles. The first-order chi connectivity index (χ1) is 9.76. The van der Waals surface area contributed by atoms with Crippen LogP contribution in [0.1, 0.15) is 18.9 Å². The minimum atomic E-state index is 0.0369. The van der Waals surface area contributed by atoms with E-state index in [4.69, 9.17) is 10.5 Å². The maximum absolute atomic E-state index is 11.8. The molecule has 5 nitrogen and oxygen atoms in total. The number of aryl methyl sites for hydroxylation is 2. The summed E-state index contributed by atoms with van der Waals surface area (Å²) in [5.74, 6) is 0.827. The SMILES string of the molecule is CCn1ccn(CCCOc2ccccc2CN)c1=O. The summed E-state index contributed by atoms with van der Waals surface area (Å²) in [6.45, 7) is 4.36. The third-order valence-corrected chi connectivity index (χ3v) is 3.25. The molecule has 0 bridgehead atoms. The Labute approximate surface area is 118 Å². The summed E-state index contributed by atoms with van der Waals surface area (Å²) in [5.41, 5.74) is 6.69. The zero-order chi connectivity index (χ0) is 14.4. The Balaban J connectivity index is 1.84. The standard InChI is InChI=1S/C15H21N3O2/c1-2-17-9-10-18(15(17)19)8-5-11-20-14-7-4-3-6-13(14)12-16/h3-4,6-7,9-10H,2,5,8,11-12,16H2,1H3. The van der Waals surface area contributed by atoms with Crippen molar-refractivity contribution in [3.63, 3.8) is 0 Å². The predicted octanol–water partition coefficient (Wildman–Crippen LogP) is 1.60. The third kappa shape index (κ3) is 3.30. The van der Waals surface area contributed by atoms with E-state index in [0.717, 1.165) is 17.7 Å². The fourth-order valence-corrected chi connectivity index (χ4v) is 2.09. The number of nitrogens with zero attached hydrogens (tertiary/aromatic N) is 2. The highest BCUT2D eigenvalue weighted by atomic mass is 16.5. The molecule has 0 aliphatic rings. The van der Waals surface area contributed by atoms with Crippen LogP contribution in [0.15, 0.2) is 41.5 Å². The Kier molecular flexibility index (Phi) is 5.01. The molecule has 1 heterocycles. The topological polar surface area (TPSA) is 62.2 Å². The molecular weight excluding hydrogens is 254 g/mol. The Morgan fingerprint density at radius 1 is 1.20 bits per heavy atom. The van der Waals surface area contributed by atoms with Crippen molar-refractivity contribution < 1.29 is 4.74 Å². The molecule has 0 fully saturated rings. The lowest BCUT2D eigenvalue weighted by Crippen LogP contribution is -2.24. The van der Waals surface area contributed by atoms with E-state index in [9.17, 15) is 4.79 Å². The van der Waals surface area contributed by atoms with E-state index in [1.54, 1.807) is 9.13 Å². The van der Waals surface area contributed by atoms with Gasteiger partial charge in [-0.1, -0.05) is 18.2 Å². The van der Waals surface area contributed by atoms with Gasteiger partial charge in [-0.05, 0) is 19.4 Å². The molecule has 2 aromatic rings. The van der Waals surface area contributed by atoms with Gasteiger partial charge in [0, 0.05) is 37.6 Å². The van der Waals surface area contributed by atoms with Gasteiger partial charge in [0.2, 0.25) is 0 Å². The normalized spacial score (nSPS) is 10.7. The van der Waals surface area contributed by atoms with Gasteiger partial charge in [0.25, 0.3) is 0 Å². The van der Waals surface area contributed by atoms with E-state index in [1.807, 2.05) is 43.6 Å². The smallest absolute Gasteiger partial charge is 0.328 e. The summed E-state index contributed by atoms with van der Waals surface area (Å²) in [6, 6.07) is 7.76. The van der Waals surface area contributed by atoms with Crippen molar-refractivity contribution in [1.82, 2.24) is 9.13 Å². The van der Waals surface area contributed by atoms with Crippen LogP contribution in [-0.4, -0.2) is 15.7 Å². The maximum Gasteiger partial charge on any atom is 0.328 e. The lowest BCUT2D eigenvalue weighted by Gasteiger charge is -2.10. The largest absolute Gasteiger partial charge is 0.493 e. The highest BCUT2D eigenvalue weighted by Gasteiger charge is 2.03. The molecule has 5 heteroatoms. The molecule has 1 aromatic heterocycles. The maximum atomic E-state index is 11.8. The van der Waals surface area contributed by atoms with Gasteiger partial charge in [-0.2, -0.15) is 0 Å². The van der Waals surface area contributed by atoms with E-state index in [2.05, 4.69) is 0 Å². The number of ether oxygens (including phenoxy) is 1. The monoisotopic (exact) mass is 275 g/mol. The molecule has 1 aromatic carbocycles. The van der Waals surface area contributed by atoms with Crippen LogP contribution in [-0.2, 0) is 19.6 Å². The minimum Gasteiger partial charge on any atom is -0.493 e. The first-order valence-corrected chi connectivity index (χ1v) is 6.92. The quantitative estimate of drug-likeness (QED) is 0.781. The van der Waals surface area contributed by atoms with E-state index < -0.39 is 0 Å². The van der Waals surface area contributed by atoms with Crippen LogP contribution in [0.25, 0.3) is 0 Å². The highest BCUT2D eigenvalue weighted by Crippen LogP contribution is 2.17. The van der Waals surface area contributed by atoms with Gasteiger partial charge in [0.05, 0.1) is 6.61 Å². The van der Waals surface area contributed by atoms with Crippen molar-refractivity contribution in [3.05, 3.63) is 52.7 Å². The first kappa shape index (κ1) is 14.4. The summed E-state index contributed by atoms with van der Waals surface area (Å²) in [4.78, 5) is 11.8. The molecule has 0 atom stereocenters. The molecular formula is C15H21N3O2. The number of rotatable bonds is 7. The molecule has 0 amide bonds. The van der Waals surface area contributed by atoms with Gasteiger partial charge < -0.3 is 10.5 Å². The molecule has 0 saturated carbocycles. The fourth-order valence-electron chi connectivity index (χ4n) is 2.09. The van der Waals surface area contributed by atoms with Crippen LogP contribution in [0.2, 0.25) is 0 Å². The molecule has 108 valence electrons. The summed E-state index contributed by atoms with van der Waals surface area (Å²) in [6.07, 6.45) is 4.42. The molecule has 2 rings (SSSR count). The van der Waals surface area contributed by atoms with Crippen molar-refractivity contribution in [2.45, 2.75) is 33.0 Å². The van der Waals surface area contributed by atoms with Gasteiger partial charge in [-0.25, -0.2) is 4.79 Å². The Hall–Kier alpha value is -2.01. The van der Waals surface area contributed by atoms with Gasteiger partial charge in [-0.3, -0.25) is 9.13 Å². The number of aromatic nitrogens is 2. The van der Waals surface area contributed by atoms with Crippen LogP contribution in [0.3, 0.4) is 0 Å². The molecule has 2 N–H and O–H groups in total. The zero-order valence-electron chi connectivity index (χ0n) is 11.8. The number of hydrogen-bond donors (Lipinski definition) is 1. The third-order valence-electron chi connectivity index (χ3n) is 3.25. The van der Waals surface area contributed by atoms with Crippen LogP contribution in [0, 0.1) is 0 Å². The minimum absolute atomic E-state index is 0.0369. The molecule has 0 saturated heterocycles. The molecule has 20 heavy (non-hydrogen) atoms. The van der Waals surface area contributed by atoms with Crippen molar-refractivity contribution in [1.29, 1.82) is 0 Å². The average molecular weight is 275 g/mol. The van der Waals surface area contributed by atoms with Crippen molar-refractivity contribution >= 4 is 0 Å². The first-order valence-electron chi connectivity index (χ1n) is 6.92. The Morgan fingerprint density at radius 2 is 1.95 bits per heavy atom. The molecule has 0 spiro atoms. The Morgan fingerprint density at radius 3 is 2.65 bits per heavy atom. The van der Waals surface area contributed by atoms with E-state index in [0.29, 0.717) is 26.2 Å². The second-order valence-electron chi connectivity index (χ2n) is 4.57. The number of hydrogen-bond acceptors (Lipinski definition) is 3. The van der Waals surface area contributed by atoms with Gasteiger partial charge in [0.15, 0.2) is 0 Å². The summed E-state index contributed by atoms with van der Waals surface area (Å²) in [7, 11) is 0. The number of para-hydroxylation sites is 1. The van der Waals surface area contributed by atoms with E-state index >= 15 is 0 Å². The van der Waals surface area contributed by atoms with E-state index in [-0.39, 0.29) is 5.69 Å². The van der Waals surface area contributed by atoms with Crippen LogP contribution < -0.4 is 16.2 Å². The van der Waals surface area contributed by atoms with Crippen LogP contribution in [0.4, 0.5) is 0 Å². The van der Waals surface area contributed by atoms with Gasteiger partial charge in [-0.15, -0.1) is 0 Å².